The molecule has 0 aromatic heterocycles. The summed E-state index contributed by atoms with van der Waals surface area (Å²) >= 11 is 6.03. The van der Waals surface area contributed by atoms with E-state index < -0.39 is 10.0 Å². The van der Waals surface area contributed by atoms with Crippen molar-refractivity contribution in [1.29, 1.82) is 0 Å². The average Bonchev–Trinajstić information content (AvgIpc) is 2.95. The summed E-state index contributed by atoms with van der Waals surface area (Å²) < 4.78 is 30.3. The average molecular weight is 347 g/mol. The zero-order valence-electron chi connectivity index (χ0n) is 12.3. The zero-order chi connectivity index (χ0) is 16.2. The number of carbonyl (C=O) groups is 1. The molecule has 1 heterocycles. The summed E-state index contributed by atoms with van der Waals surface area (Å²) in [5.74, 6) is -0.388. The number of ether oxygens (including phenoxy) is 1. The van der Waals surface area contributed by atoms with Crippen LogP contribution in [0.4, 0.5) is 5.69 Å². The number of nitrogens with zero attached hydrogens (tertiary/aromatic N) is 1. The van der Waals surface area contributed by atoms with Crippen LogP contribution in [0.5, 0.6) is 0 Å². The van der Waals surface area contributed by atoms with E-state index in [9.17, 15) is 13.2 Å². The Bertz CT molecular complexity index is 629. The monoisotopic (exact) mass is 346 g/mol. The molecule has 1 aliphatic heterocycles. The van der Waals surface area contributed by atoms with Crippen molar-refractivity contribution in [3.63, 3.8) is 0 Å². The molecule has 22 heavy (non-hydrogen) atoms. The van der Waals surface area contributed by atoms with Crippen LogP contribution in [-0.2, 0) is 19.6 Å². The van der Waals surface area contributed by atoms with Crippen LogP contribution < -0.4 is 9.62 Å². The SMILES string of the molecule is CS(=O)(=O)N(CC(=O)NC[C@@H]1CCCO1)c1ccccc1Cl. The number of sulfonamides is 1. The lowest BCUT2D eigenvalue weighted by Crippen LogP contribution is -2.42. The van der Waals surface area contributed by atoms with E-state index in [2.05, 4.69) is 5.32 Å². The fraction of sp³-hybridized carbons (Fsp3) is 0.500. The molecular weight excluding hydrogens is 328 g/mol. The van der Waals surface area contributed by atoms with Crippen LogP contribution >= 0.6 is 11.6 Å². The summed E-state index contributed by atoms with van der Waals surface area (Å²) in [6.45, 7) is 0.782. The third kappa shape index (κ3) is 4.59. The molecule has 1 aromatic carbocycles. The minimum atomic E-state index is -3.62. The Morgan fingerprint density at radius 3 is 2.77 bits per heavy atom. The Morgan fingerprint density at radius 1 is 1.45 bits per heavy atom. The Morgan fingerprint density at radius 2 is 2.18 bits per heavy atom. The molecule has 1 fully saturated rings. The van der Waals surface area contributed by atoms with Crippen LogP contribution in [0.1, 0.15) is 12.8 Å². The molecule has 8 heteroatoms. The third-order valence-corrected chi connectivity index (χ3v) is 4.81. The first kappa shape index (κ1) is 17.1. The van der Waals surface area contributed by atoms with Gasteiger partial charge in [-0.2, -0.15) is 0 Å². The molecule has 2 rings (SSSR count). The summed E-state index contributed by atoms with van der Waals surface area (Å²) in [6, 6.07) is 6.52. The molecule has 1 saturated heterocycles. The van der Waals surface area contributed by atoms with Gasteiger partial charge in [0.1, 0.15) is 6.54 Å². The number of benzene rings is 1. The number of halogens is 1. The molecular formula is C14H19ClN2O4S. The first-order valence-corrected chi connectivity index (χ1v) is 9.21. The number of para-hydroxylation sites is 1. The molecule has 1 N–H and O–H groups in total. The lowest BCUT2D eigenvalue weighted by Gasteiger charge is -2.23. The van der Waals surface area contributed by atoms with E-state index in [0.29, 0.717) is 18.8 Å². The zero-order valence-corrected chi connectivity index (χ0v) is 13.9. The van der Waals surface area contributed by atoms with Crippen LogP contribution in [0.3, 0.4) is 0 Å². The minimum Gasteiger partial charge on any atom is -0.376 e. The molecule has 0 bridgehead atoms. The van der Waals surface area contributed by atoms with E-state index in [4.69, 9.17) is 16.3 Å². The largest absolute Gasteiger partial charge is 0.376 e. The van der Waals surface area contributed by atoms with E-state index in [-0.39, 0.29) is 23.6 Å². The number of carbonyl (C=O) groups excluding carboxylic acids is 1. The Labute approximate surface area is 135 Å². The summed E-state index contributed by atoms with van der Waals surface area (Å²) in [5, 5.41) is 2.98. The van der Waals surface area contributed by atoms with Gasteiger partial charge in [-0.05, 0) is 25.0 Å². The van der Waals surface area contributed by atoms with Gasteiger partial charge in [0.15, 0.2) is 0 Å². The maximum atomic E-state index is 12.0. The Balaban J connectivity index is 2.04. The first-order chi connectivity index (χ1) is 10.4. The van der Waals surface area contributed by atoms with Gasteiger partial charge in [-0.1, -0.05) is 23.7 Å². The summed E-state index contributed by atoms with van der Waals surface area (Å²) in [6.07, 6.45) is 2.94. The standard InChI is InChI=1S/C14H19ClN2O4S/c1-22(19,20)17(13-7-3-2-6-12(13)15)10-14(18)16-9-11-5-4-8-21-11/h2-3,6-7,11H,4-5,8-10H2,1H3,(H,16,18)/t11-/m0/s1. The van der Waals surface area contributed by atoms with Crippen molar-refractivity contribution < 1.29 is 17.9 Å². The van der Waals surface area contributed by atoms with Gasteiger partial charge in [0.2, 0.25) is 15.9 Å². The summed E-state index contributed by atoms with van der Waals surface area (Å²) in [4.78, 5) is 12.0. The van der Waals surface area contributed by atoms with Gasteiger partial charge in [0.25, 0.3) is 0 Å². The number of hydrogen-bond donors (Lipinski definition) is 1. The number of nitrogens with one attached hydrogen (secondary N) is 1. The normalized spacial score (nSPS) is 18.2. The number of amides is 1. The molecule has 6 nitrogen and oxygen atoms in total. The minimum absolute atomic E-state index is 0.0101. The van der Waals surface area contributed by atoms with Crippen molar-refractivity contribution >= 4 is 33.2 Å². The molecule has 1 amide bonds. The van der Waals surface area contributed by atoms with Crippen molar-refractivity contribution in [2.45, 2.75) is 18.9 Å². The van der Waals surface area contributed by atoms with E-state index in [1.54, 1.807) is 24.3 Å². The number of anilines is 1. The van der Waals surface area contributed by atoms with Gasteiger partial charge >= 0.3 is 0 Å². The molecule has 0 saturated carbocycles. The second-order valence-electron chi connectivity index (χ2n) is 5.16. The summed E-state index contributed by atoms with van der Waals surface area (Å²) in [5.41, 5.74) is 0.291. The molecule has 1 aliphatic rings. The Kier molecular flexibility index (Phi) is 5.66. The predicted octanol–water partition coefficient (Wildman–Crippen LogP) is 1.40. The van der Waals surface area contributed by atoms with Crippen molar-refractivity contribution in [2.75, 3.05) is 30.3 Å². The van der Waals surface area contributed by atoms with Gasteiger partial charge in [-0.15, -0.1) is 0 Å². The highest BCUT2D eigenvalue weighted by atomic mass is 35.5. The number of rotatable bonds is 6. The molecule has 1 aromatic rings. The van der Waals surface area contributed by atoms with Crippen LogP contribution in [0.2, 0.25) is 5.02 Å². The number of hydrogen-bond acceptors (Lipinski definition) is 4. The Hall–Kier alpha value is -1.31. The van der Waals surface area contributed by atoms with Gasteiger partial charge in [-0.3, -0.25) is 9.10 Å². The topological polar surface area (TPSA) is 75.7 Å². The first-order valence-electron chi connectivity index (χ1n) is 6.98. The van der Waals surface area contributed by atoms with Crippen LogP contribution in [0.25, 0.3) is 0 Å². The van der Waals surface area contributed by atoms with Gasteiger partial charge < -0.3 is 10.1 Å². The van der Waals surface area contributed by atoms with Crippen molar-refractivity contribution in [3.05, 3.63) is 29.3 Å². The van der Waals surface area contributed by atoms with E-state index >= 15 is 0 Å². The molecule has 1 atom stereocenters. The quantitative estimate of drug-likeness (QED) is 0.844. The molecule has 122 valence electrons. The third-order valence-electron chi connectivity index (χ3n) is 3.36. The van der Waals surface area contributed by atoms with Gasteiger partial charge in [0, 0.05) is 13.2 Å². The molecule has 0 spiro atoms. The van der Waals surface area contributed by atoms with Crippen LogP contribution in [0.15, 0.2) is 24.3 Å². The lowest BCUT2D eigenvalue weighted by atomic mass is 10.2. The highest BCUT2D eigenvalue weighted by Gasteiger charge is 2.23. The van der Waals surface area contributed by atoms with Gasteiger partial charge in [-0.25, -0.2) is 8.42 Å². The second kappa shape index (κ2) is 7.30. The maximum absolute atomic E-state index is 12.0. The van der Waals surface area contributed by atoms with E-state index in [0.717, 1.165) is 23.4 Å². The van der Waals surface area contributed by atoms with E-state index in [1.165, 1.54) is 0 Å². The van der Waals surface area contributed by atoms with Crippen LogP contribution in [-0.4, -0.2) is 46.4 Å². The fourth-order valence-electron chi connectivity index (χ4n) is 2.25. The molecule has 0 unspecified atom stereocenters. The smallest absolute Gasteiger partial charge is 0.240 e. The van der Waals surface area contributed by atoms with Crippen molar-refractivity contribution in [2.24, 2.45) is 0 Å². The van der Waals surface area contributed by atoms with Crippen LogP contribution in [0, 0.1) is 0 Å². The fourth-order valence-corrected chi connectivity index (χ4v) is 3.41. The summed E-state index contributed by atoms with van der Waals surface area (Å²) in [7, 11) is -3.62. The van der Waals surface area contributed by atoms with E-state index in [1.807, 2.05) is 0 Å². The predicted molar refractivity (Wildman–Crippen MR) is 85.6 cm³/mol. The highest BCUT2D eigenvalue weighted by Crippen LogP contribution is 2.26. The second-order valence-corrected chi connectivity index (χ2v) is 7.47. The molecule has 0 radical (unpaired) electrons. The van der Waals surface area contributed by atoms with Crippen molar-refractivity contribution in [3.8, 4) is 0 Å². The van der Waals surface area contributed by atoms with Crippen molar-refractivity contribution in [1.82, 2.24) is 5.32 Å². The maximum Gasteiger partial charge on any atom is 0.240 e. The lowest BCUT2D eigenvalue weighted by molar-refractivity contribution is -0.120. The molecule has 0 aliphatic carbocycles. The highest BCUT2D eigenvalue weighted by molar-refractivity contribution is 7.92. The van der Waals surface area contributed by atoms with Gasteiger partial charge in [0.05, 0.1) is 23.1 Å².